The van der Waals surface area contributed by atoms with Gasteiger partial charge in [-0.1, -0.05) is 26.7 Å². The number of ether oxygens (including phenoxy) is 2. The molecule has 0 bridgehead atoms. The Hall–Kier alpha value is -0.120. The molecule has 3 heteroatoms. The Morgan fingerprint density at radius 2 is 1.57 bits per heavy atom. The zero-order valence-electron chi connectivity index (χ0n) is 10.0. The summed E-state index contributed by atoms with van der Waals surface area (Å²) in [6, 6.07) is 0. The van der Waals surface area contributed by atoms with Gasteiger partial charge in [0.15, 0.2) is 6.29 Å². The van der Waals surface area contributed by atoms with Gasteiger partial charge in [0.1, 0.15) is 5.60 Å². The van der Waals surface area contributed by atoms with Gasteiger partial charge in [-0.2, -0.15) is 0 Å². The molecule has 0 aromatic heterocycles. The molecule has 0 aromatic carbocycles. The first-order valence-corrected chi connectivity index (χ1v) is 5.29. The number of rotatable bonds is 7. The Labute approximate surface area is 87.4 Å². The third-order valence-corrected chi connectivity index (χ3v) is 2.79. The largest absolute Gasteiger partial charge is 0.385 e. The average Bonchev–Trinajstić information content (AvgIpc) is 2.15. The molecule has 0 fully saturated rings. The molecular formula is C11H24O3. The third-order valence-electron chi connectivity index (χ3n) is 2.79. The number of methoxy groups -OCH3 is 2. The molecule has 0 saturated heterocycles. The lowest BCUT2D eigenvalue weighted by atomic mass is 9.88. The maximum absolute atomic E-state index is 10.2. The van der Waals surface area contributed by atoms with Gasteiger partial charge in [-0.3, -0.25) is 0 Å². The van der Waals surface area contributed by atoms with E-state index in [9.17, 15) is 5.11 Å². The molecule has 14 heavy (non-hydrogen) atoms. The fraction of sp³-hybridized carbons (Fsp3) is 1.00. The van der Waals surface area contributed by atoms with E-state index in [1.807, 2.05) is 0 Å². The molecule has 0 saturated carbocycles. The first-order valence-electron chi connectivity index (χ1n) is 5.29. The van der Waals surface area contributed by atoms with E-state index in [2.05, 4.69) is 13.8 Å². The van der Waals surface area contributed by atoms with Crippen LogP contribution < -0.4 is 0 Å². The summed E-state index contributed by atoms with van der Waals surface area (Å²) >= 11 is 0. The van der Waals surface area contributed by atoms with Crippen molar-refractivity contribution in [2.45, 2.75) is 51.9 Å². The zero-order valence-corrected chi connectivity index (χ0v) is 10.0. The molecule has 0 aromatic rings. The minimum atomic E-state index is -0.903. The van der Waals surface area contributed by atoms with E-state index in [0.29, 0.717) is 12.3 Å². The smallest absolute Gasteiger partial charge is 0.185 e. The molecule has 0 aliphatic rings. The van der Waals surface area contributed by atoms with Crippen molar-refractivity contribution in [1.82, 2.24) is 0 Å². The zero-order chi connectivity index (χ0) is 11.2. The quantitative estimate of drug-likeness (QED) is 0.646. The van der Waals surface area contributed by atoms with E-state index in [0.717, 1.165) is 12.8 Å². The van der Waals surface area contributed by atoms with Gasteiger partial charge in [0, 0.05) is 14.2 Å². The van der Waals surface area contributed by atoms with Gasteiger partial charge >= 0.3 is 0 Å². The van der Waals surface area contributed by atoms with Gasteiger partial charge in [0.05, 0.1) is 0 Å². The van der Waals surface area contributed by atoms with Crippen LogP contribution in [0.15, 0.2) is 0 Å². The van der Waals surface area contributed by atoms with Crippen LogP contribution in [0.2, 0.25) is 0 Å². The van der Waals surface area contributed by atoms with Gasteiger partial charge in [-0.05, 0) is 19.3 Å². The minimum absolute atomic E-state index is 0.526. The van der Waals surface area contributed by atoms with Gasteiger partial charge in [-0.25, -0.2) is 0 Å². The Bertz CT molecular complexity index is 137. The second-order valence-corrected chi connectivity index (χ2v) is 4.05. The minimum Gasteiger partial charge on any atom is -0.385 e. The molecule has 0 amide bonds. The van der Waals surface area contributed by atoms with Crippen molar-refractivity contribution in [2.24, 2.45) is 5.92 Å². The monoisotopic (exact) mass is 204 g/mol. The molecular weight excluding hydrogens is 180 g/mol. The maximum Gasteiger partial charge on any atom is 0.185 e. The molecule has 86 valence electrons. The van der Waals surface area contributed by atoms with E-state index in [1.54, 1.807) is 21.1 Å². The van der Waals surface area contributed by atoms with E-state index >= 15 is 0 Å². The topological polar surface area (TPSA) is 38.7 Å². The lowest BCUT2D eigenvalue weighted by Gasteiger charge is -2.33. The highest BCUT2D eigenvalue weighted by atomic mass is 16.7. The lowest BCUT2D eigenvalue weighted by molar-refractivity contribution is -0.214. The van der Waals surface area contributed by atoms with Crippen LogP contribution >= 0.6 is 0 Å². The summed E-state index contributed by atoms with van der Waals surface area (Å²) < 4.78 is 10.2. The van der Waals surface area contributed by atoms with Crippen molar-refractivity contribution in [3.8, 4) is 0 Å². The molecule has 0 aliphatic heterocycles. The highest BCUT2D eigenvalue weighted by Crippen LogP contribution is 2.26. The van der Waals surface area contributed by atoms with Crippen molar-refractivity contribution in [2.75, 3.05) is 14.2 Å². The van der Waals surface area contributed by atoms with Crippen LogP contribution in [0.25, 0.3) is 0 Å². The summed E-state index contributed by atoms with van der Waals surface area (Å²) in [6.45, 7) is 6.04. The standard InChI is InChI=1S/C11H24O3/c1-6-9(7-2)8-11(3,12)10(13-4)14-5/h9-10,12H,6-8H2,1-5H3. The molecule has 1 atom stereocenters. The predicted octanol–water partition coefficient (Wildman–Crippen LogP) is 2.18. The van der Waals surface area contributed by atoms with Crippen LogP contribution in [0, 0.1) is 5.92 Å². The second-order valence-electron chi connectivity index (χ2n) is 4.05. The molecule has 3 nitrogen and oxygen atoms in total. The molecule has 0 spiro atoms. The normalized spacial score (nSPS) is 16.3. The summed E-state index contributed by atoms with van der Waals surface area (Å²) in [7, 11) is 3.10. The van der Waals surface area contributed by atoms with Crippen LogP contribution in [0.5, 0.6) is 0 Å². The number of hydrogen-bond donors (Lipinski definition) is 1. The second kappa shape index (κ2) is 6.38. The summed E-state index contributed by atoms with van der Waals surface area (Å²) in [4.78, 5) is 0. The Morgan fingerprint density at radius 3 is 1.86 bits per heavy atom. The van der Waals surface area contributed by atoms with Crippen LogP contribution in [0.3, 0.4) is 0 Å². The third kappa shape index (κ3) is 3.95. The van der Waals surface area contributed by atoms with Gasteiger partial charge in [-0.15, -0.1) is 0 Å². The average molecular weight is 204 g/mol. The predicted molar refractivity (Wildman–Crippen MR) is 57.1 cm³/mol. The highest BCUT2D eigenvalue weighted by Gasteiger charge is 2.33. The summed E-state index contributed by atoms with van der Waals surface area (Å²) in [5.41, 5.74) is -0.903. The van der Waals surface area contributed by atoms with Crippen LogP contribution in [-0.2, 0) is 9.47 Å². The molecule has 0 aliphatic carbocycles. The molecule has 0 radical (unpaired) electrons. The van der Waals surface area contributed by atoms with Crippen molar-refractivity contribution in [1.29, 1.82) is 0 Å². The number of aliphatic hydroxyl groups is 1. The summed E-state index contributed by atoms with van der Waals surface area (Å²) in [6.07, 6.45) is 2.33. The van der Waals surface area contributed by atoms with Crippen LogP contribution in [0.1, 0.15) is 40.0 Å². The maximum atomic E-state index is 10.2. The number of hydrogen-bond acceptors (Lipinski definition) is 3. The van der Waals surface area contributed by atoms with Crippen LogP contribution in [0.4, 0.5) is 0 Å². The molecule has 0 heterocycles. The van der Waals surface area contributed by atoms with Crippen LogP contribution in [-0.4, -0.2) is 31.2 Å². The Kier molecular flexibility index (Phi) is 6.33. The van der Waals surface area contributed by atoms with E-state index in [-0.39, 0.29) is 0 Å². The van der Waals surface area contributed by atoms with Gasteiger partial charge < -0.3 is 14.6 Å². The van der Waals surface area contributed by atoms with Gasteiger partial charge in [0.2, 0.25) is 0 Å². The fourth-order valence-electron chi connectivity index (χ4n) is 1.86. The Morgan fingerprint density at radius 1 is 1.14 bits per heavy atom. The SMILES string of the molecule is CCC(CC)CC(C)(O)C(OC)OC. The summed E-state index contributed by atoms with van der Waals surface area (Å²) in [5.74, 6) is 0.526. The highest BCUT2D eigenvalue weighted by molar-refractivity contribution is 4.79. The van der Waals surface area contributed by atoms with Crippen molar-refractivity contribution < 1.29 is 14.6 Å². The Balaban J connectivity index is 4.28. The van der Waals surface area contributed by atoms with E-state index < -0.39 is 11.9 Å². The first kappa shape index (κ1) is 13.9. The fourth-order valence-corrected chi connectivity index (χ4v) is 1.86. The molecule has 0 rings (SSSR count). The van der Waals surface area contributed by atoms with Crippen molar-refractivity contribution >= 4 is 0 Å². The van der Waals surface area contributed by atoms with E-state index in [4.69, 9.17) is 9.47 Å². The van der Waals surface area contributed by atoms with Crippen molar-refractivity contribution in [3.05, 3.63) is 0 Å². The van der Waals surface area contributed by atoms with Crippen molar-refractivity contribution in [3.63, 3.8) is 0 Å². The molecule has 1 unspecified atom stereocenters. The molecule has 1 N–H and O–H groups in total. The first-order chi connectivity index (χ1) is 6.51. The van der Waals surface area contributed by atoms with Gasteiger partial charge in [0.25, 0.3) is 0 Å². The van der Waals surface area contributed by atoms with E-state index in [1.165, 1.54) is 0 Å². The lowest BCUT2D eigenvalue weighted by Crippen LogP contribution is -2.43. The summed E-state index contributed by atoms with van der Waals surface area (Å²) in [5, 5.41) is 10.2.